The predicted molar refractivity (Wildman–Crippen MR) is 106 cm³/mol. The first-order chi connectivity index (χ1) is 13.6. The van der Waals surface area contributed by atoms with E-state index < -0.39 is 0 Å². The van der Waals surface area contributed by atoms with Crippen molar-refractivity contribution in [2.75, 3.05) is 25.1 Å². The first kappa shape index (κ1) is 17.3. The Balaban J connectivity index is 1.38. The fraction of sp³-hybridized carbons (Fsp3) is 0.391. The van der Waals surface area contributed by atoms with Gasteiger partial charge in [-0.25, -0.2) is 0 Å². The Morgan fingerprint density at radius 1 is 1.18 bits per heavy atom. The minimum atomic E-state index is -0.0663. The Morgan fingerprint density at radius 2 is 1.96 bits per heavy atom. The van der Waals surface area contributed by atoms with Gasteiger partial charge in [-0.15, -0.1) is 0 Å². The fourth-order valence-corrected chi connectivity index (χ4v) is 4.84. The van der Waals surface area contributed by atoms with E-state index in [-0.39, 0.29) is 17.4 Å². The summed E-state index contributed by atoms with van der Waals surface area (Å²) in [6.07, 6.45) is 3.22. The van der Waals surface area contributed by atoms with Gasteiger partial charge in [0.25, 0.3) is 0 Å². The number of methoxy groups -OCH3 is 1. The number of hydrogen-bond acceptors (Lipinski definition) is 4. The third-order valence-electron chi connectivity index (χ3n) is 6.55. The molecule has 2 aliphatic heterocycles. The number of carbonyl (C=O) groups excluding carboxylic acids is 1. The molecule has 0 aromatic heterocycles. The van der Waals surface area contributed by atoms with Crippen LogP contribution in [0.25, 0.3) is 0 Å². The number of nitriles is 1. The molecule has 0 bridgehead atoms. The van der Waals surface area contributed by atoms with Gasteiger partial charge in [-0.1, -0.05) is 6.07 Å². The SMILES string of the molecule is COc1ccc2c(c1)C1(CC1)CN(C1CCN(c3ccc(C#N)cc3)C1=O)C2. The van der Waals surface area contributed by atoms with Crippen LogP contribution in [0.1, 0.15) is 36.0 Å². The number of amides is 1. The summed E-state index contributed by atoms with van der Waals surface area (Å²) in [4.78, 5) is 17.5. The number of fused-ring (bicyclic) bond motifs is 2. The van der Waals surface area contributed by atoms with Crippen LogP contribution in [0.15, 0.2) is 42.5 Å². The Kier molecular flexibility index (Phi) is 3.92. The summed E-state index contributed by atoms with van der Waals surface area (Å²) in [7, 11) is 1.71. The fourth-order valence-electron chi connectivity index (χ4n) is 4.84. The Bertz CT molecular complexity index is 972. The zero-order chi connectivity index (χ0) is 19.3. The highest BCUT2D eigenvalue weighted by Gasteiger charge is 2.51. The lowest BCUT2D eigenvalue weighted by Gasteiger charge is -2.38. The molecule has 2 fully saturated rings. The molecule has 1 saturated heterocycles. The monoisotopic (exact) mass is 373 g/mol. The van der Waals surface area contributed by atoms with E-state index in [4.69, 9.17) is 10.00 Å². The molecular weight excluding hydrogens is 350 g/mol. The lowest BCUT2D eigenvalue weighted by Crippen LogP contribution is -2.47. The summed E-state index contributed by atoms with van der Waals surface area (Å²) in [5, 5.41) is 8.98. The van der Waals surface area contributed by atoms with E-state index >= 15 is 0 Å². The van der Waals surface area contributed by atoms with Crippen molar-refractivity contribution in [1.82, 2.24) is 4.90 Å². The maximum Gasteiger partial charge on any atom is 0.244 e. The van der Waals surface area contributed by atoms with Crippen molar-refractivity contribution in [3.8, 4) is 11.8 Å². The molecule has 5 heteroatoms. The van der Waals surface area contributed by atoms with Gasteiger partial charge < -0.3 is 9.64 Å². The molecule has 3 aliphatic rings. The summed E-state index contributed by atoms with van der Waals surface area (Å²) < 4.78 is 5.43. The van der Waals surface area contributed by atoms with Gasteiger partial charge in [-0.3, -0.25) is 9.69 Å². The molecule has 5 rings (SSSR count). The molecule has 2 aromatic rings. The van der Waals surface area contributed by atoms with Crippen LogP contribution in [0.5, 0.6) is 5.75 Å². The molecule has 28 heavy (non-hydrogen) atoms. The van der Waals surface area contributed by atoms with Crippen LogP contribution in [0.3, 0.4) is 0 Å². The van der Waals surface area contributed by atoms with Crippen molar-refractivity contribution in [3.05, 3.63) is 59.2 Å². The van der Waals surface area contributed by atoms with Gasteiger partial charge in [0.05, 0.1) is 24.8 Å². The molecule has 5 nitrogen and oxygen atoms in total. The summed E-state index contributed by atoms with van der Waals surface area (Å²) in [6, 6.07) is 15.8. The van der Waals surface area contributed by atoms with Crippen molar-refractivity contribution in [3.63, 3.8) is 0 Å². The molecular formula is C23H23N3O2. The molecule has 1 unspecified atom stereocenters. The van der Waals surface area contributed by atoms with Crippen LogP contribution in [-0.4, -0.2) is 37.0 Å². The van der Waals surface area contributed by atoms with Gasteiger partial charge in [0, 0.05) is 30.7 Å². The molecule has 0 radical (unpaired) electrons. The second-order valence-corrected chi connectivity index (χ2v) is 8.16. The maximum absolute atomic E-state index is 13.2. The quantitative estimate of drug-likeness (QED) is 0.829. The first-order valence-corrected chi connectivity index (χ1v) is 9.86. The molecule has 2 aromatic carbocycles. The lowest BCUT2D eigenvalue weighted by molar-refractivity contribution is -0.122. The molecule has 1 amide bonds. The zero-order valence-corrected chi connectivity index (χ0v) is 16.0. The van der Waals surface area contributed by atoms with Gasteiger partial charge in [-0.05, 0) is 66.8 Å². The van der Waals surface area contributed by atoms with E-state index in [0.717, 1.165) is 37.5 Å². The number of rotatable bonds is 3. The Labute approximate surface area is 165 Å². The second-order valence-electron chi connectivity index (χ2n) is 8.16. The van der Waals surface area contributed by atoms with Gasteiger partial charge in [0.15, 0.2) is 0 Å². The standard InChI is InChI=1S/C23H23N3O2/c1-28-19-7-4-17-14-25(15-23(9-10-23)20(17)12-19)21-8-11-26(22(21)27)18-5-2-16(13-24)3-6-18/h2-7,12,21H,8-11,14-15H2,1H3. The van der Waals surface area contributed by atoms with Crippen molar-refractivity contribution in [2.24, 2.45) is 0 Å². The van der Waals surface area contributed by atoms with Crippen LogP contribution >= 0.6 is 0 Å². The van der Waals surface area contributed by atoms with Crippen LogP contribution in [0.4, 0.5) is 5.69 Å². The third kappa shape index (κ3) is 2.68. The highest BCUT2D eigenvalue weighted by atomic mass is 16.5. The van der Waals surface area contributed by atoms with E-state index in [9.17, 15) is 4.79 Å². The highest BCUT2D eigenvalue weighted by Crippen LogP contribution is 2.53. The van der Waals surface area contributed by atoms with Gasteiger partial charge in [0.2, 0.25) is 5.91 Å². The van der Waals surface area contributed by atoms with Crippen molar-refractivity contribution < 1.29 is 9.53 Å². The van der Waals surface area contributed by atoms with Crippen LogP contribution in [0, 0.1) is 11.3 Å². The molecule has 1 saturated carbocycles. The Hall–Kier alpha value is -2.84. The largest absolute Gasteiger partial charge is 0.497 e. The number of ether oxygens (including phenoxy) is 1. The number of nitrogens with zero attached hydrogens (tertiary/aromatic N) is 3. The first-order valence-electron chi connectivity index (χ1n) is 9.86. The molecule has 2 heterocycles. The van der Waals surface area contributed by atoms with Crippen molar-refractivity contribution in [2.45, 2.75) is 37.3 Å². The minimum Gasteiger partial charge on any atom is -0.497 e. The van der Waals surface area contributed by atoms with Crippen molar-refractivity contribution >= 4 is 11.6 Å². The van der Waals surface area contributed by atoms with Gasteiger partial charge >= 0.3 is 0 Å². The molecule has 1 atom stereocenters. The second kappa shape index (κ2) is 6.35. The lowest BCUT2D eigenvalue weighted by atomic mass is 9.86. The summed E-state index contributed by atoms with van der Waals surface area (Å²) in [5.41, 5.74) is 4.44. The van der Waals surface area contributed by atoms with E-state index in [2.05, 4.69) is 23.1 Å². The summed E-state index contributed by atoms with van der Waals surface area (Å²) in [5.74, 6) is 1.10. The van der Waals surface area contributed by atoms with Crippen LogP contribution in [0.2, 0.25) is 0 Å². The van der Waals surface area contributed by atoms with E-state index in [0.29, 0.717) is 5.56 Å². The molecule has 142 valence electrons. The van der Waals surface area contributed by atoms with Gasteiger partial charge in [-0.2, -0.15) is 5.26 Å². The molecule has 1 spiro atoms. The van der Waals surface area contributed by atoms with E-state index in [1.807, 2.05) is 23.1 Å². The van der Waals surface area contributed by atoms with Gasteiger partial charge in [0.1, 0.15) is 5.75 Å². The molecule has 0 N–H and O–H groups in total. The number of anilines is 1. The summed E-state index contributed by atoms with van der Waals surface area (Å²) in [6.45, 7) is 2.50. The topological polar surface area (TPSA) is 56.6 Å². The third-order valence-corrected chi connectivity index (χ3v) is 6.55. The zero-order valence-electron chi connectivity index (χ0n) is 16.0. The predicted octanol–water partition coefficient (Wildman–Crippen LogP) is 3.22. The number of hydrogen-bond donors (Lipinski definition) is 0. The van der Waals surface area contributed by atoms with Crippen LogP contribution in [-0.2, 0) is 16.8 Å². The number of carbonyl (C=O) groups is 1. The highest BCUT2D eigenvalue weighted by molar-refractivity contribution is 5.99. The van der Waals surface area contributed by atoms with Crippen molar-refractivity contribution in [1.29, 1.82) is 5.26 Å². The number of benzene rings is 2. The van der Waals surface area contributed by atoms with Crippen LogP contribution < -0.4 is 9.64 Å². The maximum atomic E-state index is 13.2. The normalized spacial score (nSPS) is 22.8. The van der Waals surface area contributed by atoms with E-state index in [1.165, 1.54) is 24.0 Å². The average molecular weight is 373 g/mol. The average Bonchev–Trinajstić information content (AvgIpc) is 3.40. The molecule has 1 aliphatic carbocycles. The summed E-state index contributed by atoms with van der Waals surface area (Å²) >= 11 is 0. The smallest absolute Gasteiger partial charge is 0.244 e. The van der Waals surface area contributed by atoms with E-state index in [1.54, 1.807) is 19.2 Å². The minimum absolute atomic E-state index is 0.0663. The Morgan fingerprint density at radius 3 is 2.64 bits per heavy atom.